The van der Waals surface area contributed by atoms with Crippen LogP contribution in [0.3, 0.4) is 0 Å². The predicted octanol–water partition coefficient (Wildman–Crippen LogP) is 2.34. The van der Waals surface area contributed by atoms with Crippen molar-refractivity contribution in [3.63, 3.8) is 0 Å². The second kappa shape index (κ2) is 9.28. The molecule has 0 aromatic heterocycles. The molecule has 1 saturated heterocycles. The largest absolute Gasteiger partial charge is 0.368 e. The molecule has 2 aromatic carbocycles. The van der Waals surface area contributed by atoms with Crippen LogP contribution in [0.15, 0.2) is 53.4 Å². The van der Waals surface area contributed by atoms with Crippen LogP contribution in [0.25, 0.3) is 0 Å². The number of para-hydroxylation sites is 1. The molecule has 35 heavy (non-hydrogen) atoms. The number of benzene rings is 2. The minimum atomic E-state index is -3.84. The lowest BCUT2D eigenvalue weighted by molar-refractivity contribution is -0.131. The van der Waals surface area contributed by atoms with E-state index in [1.54, 1.807) is 23.1 Å². The monoisotopic (exact) mass is 496 g/mol. The van der Waals surface area contributed by atoms with Gasteiger partial charge in [-0.25, -0.2) is 8.42 Å². The van der Waals surface area contributed by atoms with Gasteiger partial charge in [-0.3, -0.25) is 9.59 Å². The zero-order valence-corrected chi connectivity index (χ0v) is 21.1. The molecule has 2 aliphatic heterocycles. The van der Waals surface area contributed by atoms with Crippen molar-refractivity contribution >= 4 is 33.2 Å². The summed E-state index contributed by atoms with van der Waals surface area (Å²) in [6.07, 6.45) is 2.50. The van der Waals surface area contributed by atoms with E-state index in [0.717, 1.165) is 34.1 Å². The molecule has 9 heteroatoms. The van der Waals surface area contributed by atoms with E-state index in [2.05, 4.69) is 17.0 Å². The fourth-order valence-corrected chi connectivity index (χ4v) is 6.21. The molecule has 8 nitrogen and oxygen atoms in total. The first-order valence-electron chi connectivity index (χ1n) is 12.3. The van der Waals surface area contributed by atoms with Crippen LogP contribution in [-0.4, -0.2) is 75.3 Å². The molecule has 5 rings (SSSR count). The molecule has 3 aliphatic rings. The van der Waals surface area contributed by atoms with Crippen molar-refractivity contribution in [3.05, 3.63) is 54.1 Å². The number of anilines is 2. The highest BCUT2D eigenvalue weighted by Crippen LogP contribution is 2.39. The van der Waals surface area contributed by atoms with E-state index in [1.807, 2.05) is 30.0 Å². The highest BCUT2D eigenvalue weighted by Gasteiger charge is 2.40. The summed E-state index contributed by atoms with van der Waals surface area (Å²) in [5, 5.41) is 0. The quantitative estimate of drug-likeness (QED) is 0.613. The number of carbonyl (C=O) groups excluding carboxylic acids is 2. The van der Waals surface area contributed by atoms with Crippen molar-refractivity contribution in [2.24, 2.45) is 5.92 Å². The highest BCUT2D eigenvalue weighted by molar-refractivity contribution is 7.89. The Labute approximate surface area is 207 Å². The number of rotatable bonds is 6. The number of piperazine rings is 1. The van der Waals surface area contributed by atoms with Crippen LogP contribution in [0.1, 0.15) is 25.3 Å². The maximum atomic E-state index is 13.3. The Morgan fingerprint density at radius 3 is 2.34 bits per heavy atom. The van der Waals surface area contributed by atoms with Gasteiger partial charge in [-0.05, 0) is 62.1 Å². The Hall–Kier alpha value is -2.91. The number of amides is 2. The van der Waals surface area contributed by atoms with Gasteiger partial charge in [-0.1, -0.05) is 18.2 Å². The van der Waals surface area contributed by atoms with Crippen molar-refractivity contribution in [1.82, 2.24) is 9.21 Å². The Balaban J connectivity index is 1.23. The summed E-state index contributed by atoms with van der Waals surface area (Å²) in [5.74, 6) is 0.0558. The van der Waals surface area contributed by atoms with E-state index in [4.69, 9.17) is 0 Å². The third-order valence-corrected chi connectivity index (χ3v) is 9.05. The van der Waals surface area contributed by atoms with E-state index in [0.29, 0.717) is 32.6 Å². The fraction of sp³-hybridized carbons (Fsp3) is 0.462. The van der Waals surface area contributed by atoms with Crippen molar-refractivity contribution in [3.8, 4) is 0 Å². The molecular formula is C26H32N4O4S. The summed E-state index contributed by atoms with van der Waals surface area (Å²) in [7, 11) is -2.38. The first kappa shape index (κ1) is 23.8. The number of fused-ring (bicyclic) bond motifs is 1. The lowest BCUT2D eigenvalue weighted by Gasteiger charge is -2.36. The molecule has 1 saturated carbocycles. The fourth-order valence-electron chi connectivity index (χ4n) is 5.04. The number of carbonyl (C=O) groups is 2. The van der Waals surface area contributed by atoms with Gasteiger partial charge < -0.3 is 14.7 Å². The zero-order chi connectivity index (χ0) is 24.7. The molecule has 186 valence electrons. The minimum Gasteiger partial charge on any atom is -0.368 e. The summed E-state index contributed by atoms with van der Waals surface area (Å²) < 4.78 is 27.7. The van der Waals surface area contributed by atoms with Gasteiger partial charge >= 0.3 is 0 Å². The van der Waals surface area contributed by atoms with Gasteiger partial charge in [0.25, 0.3) is 0 Å². The van der Waals surface area contributed by atoms with Crippen LogP contribution in [0.4, 0.5) is 11.4 Å². The van der Waals surface area contributed by atoms with Gasteiger partial charge in [0.2, 0.25) is 21.8 Å². The Kier molecular flexibility index (Phi) is 6.31. The first-order valence-corrected chi connectivity index (χ1v) is 13.7. The van der Waals surface area contributed by atoms with Crippen LogP contribution in [0.5, 0.6) is 0 Å². The topological polar surface area (TPSA) is 81.2 Å². The van der Waals surface area contributed by atoms with Crippen LogP contribution >= 0.6 is 0 Å². The zero-order valence-electron chi connectivity index (χ0n) is 20.3. The van der Waals surface area contributed by atoms with Gasteiger partial charge in [-0.2, -0.15) is 4.31 Å². The van der Waals surface area contributed by atoms with Crippen molar-refractivity contribution in [2.75, 3.05) is 49.6 Å². The number of hydrogen-bond donors (Lipinski definition) is 0. The summed E-state index contributed by atoms with van der Waals surface area (Å²) >= 11 is 0. The molecule has 0 radical (unpaired) electrons. The van der Waals surface area contributed by atoms with Crippen LogP contribution in [-0.2, 0) is 26.0 Å². The Bertz CT molecular complexity index is 1220. The molecule has 2 aromatic rings. The smallest absolute Gasteiger partial charge is 0.243 e. The molecule has 0 unspecified atom stereocenters. The Morgan fingerprint density at radius 1 is 1.00 bits per heavy atom. The van der Waals surface area contributed by atoms with E-state index >= 15 is 0 Å². The SMILES string of the molecule is C[C@H]1Cc2cc(S(=O)(=O)N(C)CC(=O)N3CCN(c4ccccc4)CC3)ccc2N1C(=O)C1CC1. The molecular weight excluding hydrogens is 464 g/mol. The molecule has 1 atom stereocenters. The predicted molar refractivity (Wildman–Crippen MR) is 135 cm³/mol. The number of hydrogen-bond acceptors (Lipinski definition) is 5. The van der Waals surface area contributed by atoms with Crippen LogP contribution < -0.4 is 9.80 Å². The summed E-state index contributed by atoms with van der Waals surface area (Å²) in [6.45, 7) is 4.34. The standard InChI is InChI=1S/C26H32N4O4S/c1-19-16-21-17-23(10-11-24(21)30(19)26(32)20-8-9-20)35(33,34)27(2)18-25(31)29-14-12-28(13-15-29)22-6-4-3-5-7-22/h3-7,10-11,17,19-20H,8-9,12-16,18H2,1-2H3/t19-/m0/s1. The minimum absolute atomic E-state index is 0.0184. The molecule has 2 amide bonds. The van der Waals surface area contributed by atoms with Gasteiger partial charge in [0.15, 0.2) is 0 Å². The van der Waals surface area contributed by atoms with Crippen LogP contribution in [0, 0.1) is 5.92 Å². The molecule has 2 heterocycles. The molecule has 0 bridgehead atoms. The average molecular weight is 497 g/mol. The van der Waals surface area contributed by atoms with E-state index < -0.39 is 10.0 Å². The van der Waals surface area contributed by atoms with Gasteiger partial charge in [0.05, 0.1) is 11.4 Å². The maximum Gasteiger partial charge on any atom is 0.243 e. The highest BCUT2D eigenvalue weighted by atomic mass is 32.2. The molecule has 2 fully saturated rings. The summed E-state index contributed by atoms with van der Waals surface area (Å²) in [6, 6.07) is 15.1. The maximum absolute atomic E-state index is 13.3. The second-order valence-corrected chi connectivity index (χ2v) is 11.8. The van der Waals surface area contributed by atoms with E-state index in [9.17, 15) is 18.0 Å². The third kappa shape index (κ3) is 4.67. The van der Waals surface area contributed by atoms with E-state index in [-0.39, 0.29) is 35.2 Å². The summed E-state index contributed by atoms with van der Waals surface area (Å²) in [5.41, 5.74) is 2.80. The Morgan fingerprint density at radius 2 is 1.69 bits per heavy atom. The molecule has 1 aliphatic carbocycles. The third-order valence-electron chi connectivity index (χ3n) is 7.25. The number of likely N-dealkylation sites (N-methyl/N-ethyl adjacent to an activating group) is 1. The van der Waals surface area contributed by atoms with Crippen molar-refractivity contribution < 1.29 is 18.0 Å². The lowest BCUT2D eigenvalue weighted by Crippen LogP contribution is -2.51. The van der Waals surface area contributed by atoms with Crippen LogP contribution in [0.2, 0.25) is 0 Å². The van der Waals surface area contributed by atoms with Gasteiger partial charge in [-0.15, -0.1) is 0 Å². The average Bonchev–Trinajstić information content (AvgIpc) is 3.66. The lowest BCUT2D eigenvalue weighted by atomic mass is 10.1. The first-order chi connectivity index (χ1) is 16.8. The van der Waals surface area contributed by atoms with Gasteiger partial charge in [0.1, 0.15) is 0 Å². The summed E-state index contributed by atoms with van der Waals surface area (Å²) in [4.78, 5) is 31.6. The van der Waals surface area contributed by atoms with Crippen molar-refractivity contribution in [2.45, 2.75) is 37.1 Å². The number of nitrogens with zero attached hydrogens (tertiary/aromatic N) is 4. The van der Waals surface area contributed by atoms with Gasteiger partial charge in [0, 0.05) is 56.6 Å². The normalized spacial score (nSPS) is 20.3. The molecule has 0 spiro atoms. The van der Waals surface area contributed by atoms with E-state index in [1.165, 1.54) is 7.05 Å². The second-order valence-electron chi connectivity index (χ2n) is 9.79. The number of sulfonamides is 1. The molecule has 0 N–H and O–H groups in total. The van der Waals surface area contributed by atoms with Crippen molar-refractivity contribution in [1.29, 1.82) is 0 Å².